The molecule has 1 aliphatic rings. The topological polar surface area (TPSA) is 61.4 Å². The fraction of sp³-hybridized carbons (Fsp3) is 0.478. The van der Waals surface area contributed by atoms with E-state index < -0.39 is 6.04 Å². The molecule has 0 aliphatic carbocycles. The van der Waals surface area contributed by atoms with Crippen molar-refractivity contribution in [2.24, 2.45) is 5.92 Å². The van der Waals surface area contributed by atoms with Gasteiger partial charge in [-0.15, -0.1) is 11.3 Å². The van der Waals surface area contributed by atoms with Crippen molar-refractivity contribution in [3.8, 4) is 0 Å². The molecule has 5 nitrogen and oxygen atoms in total. The summed E-state index contributed by atoms with van der Waals surface area (Å²) in [4.78, 5) is 28.3. The van der Waals surface area contributed by atoms with Gasteiger partial charge in [-0.2, -0.15) is 0 Å². The van der Waals surface area contributed by atoms with Crippen molar-refractivity contribution in [3.05, 3.63) is 58.3 Å². The van der Waals surface area contributed by atoms with Gasteiger partial charge in [-0.05, 0) is 42.3 Å². The summed E-state index contributed by atoms with van der Waals surface area (Å²) in [7, 11) is 0. The van der Waals surface area contributed by atoms with Gasteiger partial charge >= 0.3 is 0 Å². The van der Waals surface area contributed by atoms with Crippen LogP contribution in [-0.4, -0.2) is 41.9 Å². The van der Waals surface area contributed by atoms with Crippen LogP contribution in [-0.2, 0) is 11.3 Å². The lowest BCUT2D eigenvalue weighted by molar-refractivity contribution is -0.124. The maximum absolute atomic E-state index is 12.9. The summed E-state index contributed by atoms with van der Waals surface area (Å²) in [5.41, 5.74) is 1.30. The average molecular weight is 414 g/mol. The number of rotatable bonds is 8. The van der Waals surface area contributed by atoms with E-state index in [0.717, 1.165) is 19.5 Å². The number of piperidine rings is 1. The van der Waals surface area contributed by atoms with E-state index in [0.29, 0.717) is 17.5 Å². The highest BCUT2D eigenvalue weighted by Gasteiger charge is 2.27. The van der Waals surface area contributed by atoms with Gasteiger partial charge in [-0.3, -0.25) is 14.5 Å². The molecule has 2 N–H and O–H groups in total. The Balaban J connectivity index is 1.56. The molecule has 1 fully saturated rings. The minimum absolute atomic E-state index is 0.0192. The number of thiophene rings is 1. The van der Waals surface area contributed by atoms with E-state index in [9.17, 15) is 9.59 Å². The molecule has 0 bridgehead atoms. The first-order chi connectivity index (χ1) is 14.0. The highest BCUT2D eigenvalue weighted by molar-refractivity contribution is 7.12. The first kappa shape index (κ1) is 21.5. The van der Waals surface area contributed by atoms with Crippen LogP contribution in [0.3, 0.4) is 0 Å². The largest absolute Gasteiger partial charge is 0.353 e. The molecule has 1 aromatic heterocycles. The fourth-order valence-corrected chi connectivity index (χ4v) is 4.43. The van der Waals surface area contributed by atoms with E-state index in [1.807, 2.05) is 31.4 Å². The first-order valence-electron chi connectivity index (χ1n) is 10.4. The minimum Gasteiger partial charge on any atom is -0.353 e. The van der Waals surface area contributed by atoms with Crippen LogP contribution in [0, 0.1) is 5.92 Å². The summed E-state index contributed by atoms with van der Waals surface area (Å²) in [5, 5.41) is 7.88. The Morgan fingerprint density at radius 3 is 2.62 bits per heavy atom. The van der Waals surface area contributed by atoms with Crippen molar-refractivity contribution in [2.75, 3.05) is 13.1 Å². The lowest BCUT2D eigenvalue weighted by atomic mass is 10.00. The zero-order valence-corrected chi connectivity index (χ0v) is 18.1. The molecule has 29 heavy (non-hydrogen) atoms. The Morgan fingerprint density at radius 1 is 1.14 bits per heavy atom. The van der Waals surface area contributed by atoms with Crippen LogP contribution in [0.2, 0.25) is 0 Å². The number of carbonyl (C=O) groups is 2. The highest BCUT2D eigenvalue weighted by Crippen LogP contribution is 2.19. The van der Waals surface area contributed by atoms with Gasteiger partial charge in [-0.1, -0.05) is 56.7 Å². The Bertz CT molecular complexity index is 777. The van der Waals surface area contributed by atoms with Crippen LogP contribution < -0.4 is 10.6 Å². The van der Waals surface area contributed by atoms with Gasteiger partial charge in [0.15, 0.2) is 0 Å². The van der Waals surface area contributed by atoms with Gasteiger partial charge in [-0.25, -0.2) is 0 Å². The highest BCUT2D eigenvalue weighted by atomic mass is 32.1. The van der Waals surface area contributed by atoms with Gasteiger partial charge < -0.3 is 10.6 Å². The monoisotopic (exact) mass is 413 g/mol. The van der Waals surface area contributed by atoms with Gasteiger partial charge in [0.25, 0.3) is 5.91 Å². The van der Waals surface area contributed by atoms with Gasteiger partial charge in [0.05, 0.1) is 4.88 Å². The molecule has 2 amide bonds. The number of carbonyl (C=O) groups excluding carboxylic acids is 2. The van der Waals surface area contributed by atoms with E-state index >= 15 is 0 Å². The molecule has 2 aromatic rings. The van der Waals surface area contributed by atoms with Gasteiger partial charge in [0, 0.05) is 19.1 Å². The molecule has 2 atom stereocenters. The number of hydrogen-bond acceptors (Lipinski definition) is 4. The van der Waals surface area contributed by atoms with Crippen molar-refractivity contribution in [1.82, 2.24) is 15.5 Å². The van der Waals surface area contributed by atoms with Crippen molar-refractivity contribution in [3.63, 3.8) is 0 Å². The van der Waals surface area contributed by atoms with Gasteiger partial charge in [0.2, 0.25) is 5.91 Å². The van der Waals surface area contributed by atoms with E-state index in [-0.39, 0.29) is 17.7 Å². The molecular formula is C23H31N3O2S. The molecule has 2 unspecified atom stereocenters. The zero-order valence-electron chi connectivity index (χ0n) is 17.3. The molecule has 3 rings (SSSR count). The number of nitrogens with one attached hydrogen (secondary N) is 2. The Hall–Kier alpha value is -2.18. The Kier molecular flexibility index (Phi) is 7.83. The number of benzene rings is 1. The lowest BCUT2D eigenvalue weighted by Gasteiger charge is -2.36. The standard InChI is InChI=1S/C23H31N3O2S/c1-17(2)21(25-22(27)20-12-8-14-29-20)23(28)24-15-19-11-6-7-13-26(19)16-18-9-4-3-5-10-18/h3-5,8-10,12,14,17,19,21H,6-7,11,13,15-16H2,1-2H3,(H,24,28)(H,25,27). The van der Waals surface area contributed by atoms with Crippen LogP contribution in [0.1, 0.15) is 48.3 Å². The molecule has 0 saturated carbocycles. The van der Waals surface area contributed by atoms with E-state index in [1.165, 1.54) is 29.7 Å². The Morgan fingerprint density at radius 2 is 1.93 bits per heavy atom. The van der Waals surface area contributed by atoms with Crippen LogP contribution in [0.25, 0.3) is 0 Å². The summed E-state index contributed by atoms with van der Waals surface area (Å²) in [6, 6.07) is 13.9. The molecule has 2 heterocycles. The van der Waals surface area contributed by atoms with Crippen LogP contribution >= 0.6 is 11.3 Å². The van der Waals surface area contributed by atoms with Crippen LogP contribution in [0.5, 0.6) is 0 Å². The second kappa shape index (κ2) is 10.6. The summed E-state index contributed by atoms with van der Waals surface area (Å²) in [6.45, 7) is 6.49. The van der Waals surface area contributed by atoms with Crippen molar-refractivity contribution < 1.29 is 9.59 Å². The molecule has 1 aliphatic heterocycles. The summed E-state index contributed by atoms with van der Waals surface area (Å²) in [6.07, 6.45) is 3.47. The quantitative estimate of drug-likeness (QED) is 0.694. The summed E-state index contributed by atoms with van der Waals surface area (Å²) in [5.74, 6) is -0.266. The number of hydrogen-bond donors (Lipinski definition) is 2. The Labute approximate surface area is 177 Å². The predicted octanol–water partition coefficient (Wildman–Crippen LogP) is 3.67. The maximum Gasteiger partial charge on any atom is 0.262 e. The van der Waals surface area contributed by atoms with Crippen molar-refractivity contribution >= 4 is 23.2 Å². The third-order valence-corrected chi connectivity index (χ3v) is 6.34. The summed E-state index contributed by atoms with van der Waals surface area (Å²) < 4.78 is 0. The van der Waals surface area contributed by atoms with E-state index in [1.54, 1.807) is 6.07 Å². The lowest BCUT2D eigenvalue weighted by Crippen LogP contribution is -2.53. The number of likely N-dealkylation sites (tertiary alicyclic amines) is 1. The molecule has 156 valence electrons. The second-order valence-corrected chi connectivity index (χ2v) is 8.97. The average Bonchev–Trinajstić information content (AvgIpc) is 3.26. The molecule has 6 heteroatoms. The molecular weight excluding hydrogens is 382 g/mol. The molecule has 0 radical (unpaired) electrons. The minimum atomic E-state index is -0.532. The molecule has 1 saturated heterocycles. The first-order valence-corrected chi connectivity index (χ1v) is 11.3. The van der Waals surface area contributed by atoms with E-state index in [2.05, 4.69) is 39.8 Å². The maximum atomic E-state index is 12.9. The normalized spacial score (nSPS) is 18.4. The number of nitrogens with zero attached hydrogens (tertiary/aromatic N) is 1. The molecule has 1 aromatic carbocycles. The predicted molar refractivity (Wildman–Crippen MR) is 118 cm³/mol. The van der Waals surface area contributed by atoms with Crippen LogP contribution in [0.4, 0.5) is 0 Å². The second-order valence-electron chi connectivity index (χ2n) is 8.02. The van der Waals surface area contributed by atoms with E-state index in [4.69, 9.17) is 0 Å². The fourth-order valence-electron chi connectivity index (χ4n) is 3.80. The number of amides is 2. The zero-order chi connectivity index (χ0) is 20.6. The van der Waals surface area contributed by atoms with Crippen molar-refractivity contribution in [2.45, 2.75) is 51.7 Å². The third kappa shape index (κ3) is 6.15. The SMILES string of the molecule is CC(C)C(NC(=O)c1cccs1)C(=O)NCC1CCCCN1Cc1ccccc1. The van der Waals surface area contributed by atoms with Crippen LogP contribution in [0.15, 0.2) is 47.8 Å². The smallest absolute Gasteiger partial charge is 0.262 e. The van der Waals surface area contributed by atoms with Crippen molar-refractivity contribution in [1.29, 1.82) is 0 Å². The summed E-state index contributed by atoms with van der Waals surface area (Å²) >= 11 is 1.38. The third-order valence-electron chi connectivity index (χ3n) is 5.47. The molecule has 0 spiro atoms. The van der Waals surface area contributed by atoms with Gasteiger partial charge in [0.1, 0.15) is 6.04 Å².